The molecule has 2 aromatic carbocycles. The fraction of sp³-hybridized carbons (Fsp3) is 0.250. The van der Waals surface area contributed by atoms with Gasteiger partial charge in [-0.1, -0.05) is 42.5 Å². The van der Waals surface area contributed by atoms with Gasteiger partial charge in [-0.25, -0.2) is 4.79 Å². The van der Waals surface area contributed by atoms with E-state index in [0.29, 0.717) is 18.5 Å². The van der Waals surface area contributed by atoms with Gasteiger partial charge in [0, 0.05) is 6.54 Å². The quantitative estimate of drug-likeness (QED) is 0.850. The van der Waals surface area contributed by atoms with E-state index in [4.69, 9.17) is 0 Å². The summed E-state index contributed by atoms with van der Waals surface area (Å²) in [5.74, 6) is -1.04. The van der Waals surface area contributed by atoms with E-state index in [9.17, 15) is 14.7 Å². The summed E-state index contributed by atoms with van der Waals surface area (Å²) in [6, 6.07) is 13.1. The number of carboxylic acid groups (broad SMARTS) is 1. The van der Waals surface area contributed by atoms with Crippen molar-refractivity contribution in [1.29, 1.82) is 0 Å². The number of hydrogen-bond donors (Lipinski definition) is 1. The summed E-state index contributed by atoms with van der Waals surface area (Å²) in [5.41, 5.74) is -0.755. The molecule has 1 unspecified atom stereocenters. The third-order valence-electron chi connectivity index (χ3n) is 3.77. The molecule has 20 heavy (non-hydrogen) atoms. The molecular weight excluding hydrogens is 254 g/mol. The maximum absolute atomic E-state index is 11.8. The van der Waals surface area contributed by atoms with Crippen LogP contribution in [0.4, 0.5) is 0 Å². The van der Waals surface area contributed by atoms with Crippen LogP contribution in [0.3, 0.4) is 0 Å². The van der Waals surface area contributed by atoms with E-state index in [1.54, 1.807) is 19.9 Å². The highest BCUT2D eigenvalue weighted by molar-refractivity contribution is 5.93. The van der Waals surface area contributed by atoms with Gasteiger partial charge in [-0.05, 0) is 30.2 Å². The molecule has 1 atom stereocenters. The van der Waals surface area contributed by atoms with Crippen LogP contribution in [0.1, 0.15) is 19.4 Å². The van der Waals surface area contributed by atoms with Crippen LogP contribution in [-0.2, 0) is 15.1 Å². The zero-order chi connectivity index (χ0) is 14.8. The average molecular weight is 271 g/mol. The van der Waals surface area contributed by atoms with Gasteiger partial charge in [0.1, 0.15) is 0 Å². The summed E-state index contributed by atoms with van der Waals surface area (Å²) in [6.45, 7) is 3.66. The molecule has 1 N–H and O–H groups in total. The number of likely N-dealkylation sites (N-methyl/N-ethyl adjacent to an activating group) is 1. The number of carboxylic acids is 1. The first-order valence-electron chi connectivity index (χ1n) is 6.49. The van der Waals surface area contributed by atoms with Gasteiger partial charge < -0.3 is 10.0 Å². The SMILES string of the molecule is CCN(C=O)C(C)(C(=O)O)c1cccc2ccccc12. The number of fused-ring (bicyclic) bond motifs is 1. The Balaban J connectivity index is 2.76. The van der Waals surface area contributed by atoms with Crippen molar-refractivity contribution in [1.82, 2.24) is 4.90 Å². The van der Waals surface area contributed by atoms with Crippen LogP contribution in [0, 0.1) is 0 Å². The normalized spacial score (nSPS) is 13.7. The molecule has 0 saturated heterocycles. The molecule has 0 aliphatic carbocycles. The van der Waals surface area contributed by atoms with E-state index in [2.05, 4.69) is 0 Å². The van der Waals surface area contributed by atoms with E-state index in [1.807, 2.05) is 36.4 Å². The number of rotatable bonds is 5. The van der Waals surface area contributed by atoms with Gasteiger partial charge in [0.25, 0.3) is 0 Å². The Labute approximate surface area is 117 Å². The highest BCUT2D eigenvalue weighted by atomic mass is 16.4. The summed E-state index contributed by atoms with van der Waals surface area (Å²) >= 11 is 0. The molecular formula is C16H17NO3. The molecule has 0 aliphatic heterocycles. The molecule has 0 fully saturated rings. The van der Waals surface area contributed by atoms with Crippen molar-refractivity contribution in [3.8, 4) is 0 Å². The third-order valence-corrected chi connectivity index (χ3v) is 3.77. The predicted octanol–water partition coefficient (Wildman–Crippen LogP) is 2.62. The van der Waals surface area contributed by atoms with Crippen molar-refractivity contribution in [3.63, 3.8) is 0 Å². The van der Waals surface area contributed by atoms with Crippen LogP contribution < -0.4 is 0 Å². The number of amides is 1. The number of aliphatic carboxylic acids is 1. The van der Waals surface area contributed by atoms with Crippen LogP contribution >= 0.6 is 0 Å². The second-order valence-electron chi connectivity index (χ2n) is 4.80. The van der Waals surface area contributed by atoms with E-state index in [1.165, 1.54) is 4.90 Å². The minimum Gasteiger partial charge on any atom is -0.479 e. The van der Waals surface area contributed by atoms with Crippen LogP contribution in [0.5, 0.6) is 0 Å². The predicted molar refractivity (Wildman–Crippen MR) is 77.4 cm³/mol. The summed E-state index contributed by atoms with van der Waals surface area (Å²) < 4.78 is 0. The molecule has 104 valence electrons. The molecule has 0 saturated carbocycles. The average Bonchev–Trinajstić information content (AvgIpc) is 2.47. The summed E-state index contributed by atoms with van der Waals surface area (Å²) in [7, 11) is 0. The molecule has 0 bridgehead atoms. The zero-order valence-electron chi connectivity index (χ0n) is 11.5. The lowest BCUT2D eigenvalue weighted by Gasteiger charge is -2.35. The molecule has 0 spiro atoms. The highest BCUT2D eigenvalue weighted by Crippen LogP contribution is 2.33. The fourth-order valence-corrected chi connectivity index (χ4v) is 2.54. The Hall–Kier alpha value is -2.36. The van der Waals surface area contributed by atoms with Crippen molar-refractivity contribution in [2.45, 2.75) is 19.4 Å². The number of nitrogens with zero attached hydrogens (tertiary/aromatic N) is 1. The molecule has 4 heteroatoms. The molecule has 0 heterocycles. The standard InChI is InChI=1S/C16H17NO3/c1-3-17(11-18)16(2,15(19)20)14-10-6-8-12-7-4-5-9-13(12)14/h4-11H,3H2,1-2H3,(H,19,20). The Morgan fingerprint density at radius 1 is 1.25 bits per heavy atom. The Morgan fingerprint density at radius 2 is 1.90 bits per heavy atom. The monoisotopic (exact) mass is 271 g/mol. The van der Waals surface area contributed by atoms with Gasteiger partial charge in [-0.3, -0.25) is 4.79 Å². The first-order chi connectivity index (χ1) is 9.55. The van der Waals surface area contributed by atoms with Crippen molar-refractivity contribution in [2.75, 3.05) is 6.54 Å². The number of benzene rings is 2. The lowest BCUT2D eigenvalue weighted by molar-refractivity contribution is -0.154. The van der Waals surface area contributed by atoms with Crippen LogP contribution in [0.25, 0.3) is 10.8 Å². The minimum atomic E-state index is -1.38. The largest absolute Gasteiger partial charge is 0.479 e. The summed E-state index contributed by atoms with van der Waals surface area (Å²) in [6.07, 6.45) is 0.593. The maximum atomic E-state index is 11.8. The molecule has 0 aromatic heterocycles. The number of carbonyl (C=O) groups is 2. The summed E-state index contributed by atoms with van der Waals surface area (Å²) in [5, 5.41) is 11.5. The molecule has 4 nitrogen and oxygen atoms in total. The van der Waals surface area contributed by atoms with Crippen molar-refractivity contribution < 1.29 is 14.7 Å². The highest BCUT2D eigenvalue weighted by Gasteiger charge is 2.41. The van der Waals surface area contributed by atoms with Crippen LogP contribution in [0.15, 0.2) is 42.5 Å². The summed E-state index contributed by atoms with van der Waals surface area (Å²) in [4.78, 5) is 24.4. The van der Waals surface area contributed by atoms with Gasteiger partial charge >= 0.3 is 5.97 Å². The Bertz CT molecular complexity index is 648. The van der Waals surface area contributed by atoms with Crippen molar-refractivity contribution in [3.05, 3.63) is 48.0 Å². The maximum Gasteiger partial charge on any atom is 0.334 e. The van der Waals surface area contributed by atoms with E-state index in [-0.39, 0.29) is 0 Å². The minimum absolute atomic E-state index is 0.329. The van der Waals surface area contributed by atoms with E-state index < -0.39 is 11.5 Å². The molecule has 2 rings (SSSR count). The van der Waals surface area contributed by atoms with Gasteiger partial charge in [-0.2, -0.15) is 0 Å². The first kappa shape index (κ1) is 14.1. The van der Waals surface area contributed by atoms with Crippen molar-refractivity contribution in [2.24, 2.45) is 0 Å². The second-order valence-corrected chi connectivity index (χ2v) is 4.80. The Kier molecular flexibility index (Phi) is 3.74. The lowest BCUT2D eigenvalue weighted by atomic mass is 9.86. The van der Waals surface area contributed by atoms with Crippen LogP contribution in [0.2, 0.25) is 0 Å². The van der Waals surface area contributed by atoms with E-state index in [0.717, 1.165) is 10.8 Å². The van der Waals surface area contributed by atoms with E-state index >= 15 is 0 Å². The topological polar surface area (TPSA) is 57.6 Å². The number of hydrogen-bond acceptors (Lipinski definition) is 2. The van der Waals surface area contributed by atoms with Crippen LogP contribution in [-0.4, -0.2) is 28.9 Å². The van der Waals surface area contributed by atoms with Gasteiger partial charge in [0.15, 0.2) is 5.54 Å². The molecule has 0 radical (unpaired) electrons. The first-order valence-corrected chi connectivity index (χ1v) is 6.49. The van der Waals surface area contributed by atoms with Gasteiger partial charge in [0.2, 0.25) is 6.41 Å². The molecule has 2 aromatic rings. The lowest BCUT2D eigenvalue weighted by Crippen LogP contribution is -2.49. The van der Waals surface area contributed by atoms with Gasteiger partial charge in [0.05, 0.1) is 0 Å². The fourth-order valence-electron chi connectivity index (χ4n) is 2.54. The smallest absolute Gasteiger partial charge is 0.334 e. The third kappa shape index (κ3) is 2.03. The second kappa shape index (κ2) is 5.33. The molecule has 1 amide bonds. The molecule has 0 aliphatic rings. The number of carbonyl (C=O) groups excluding carboxylic acids is 1. The van der Waals surface area contributed by atoms with Gasteiger partial charge in [-0.15, -0.1) is 0 Å². The Morgan fingerprint density at radius 3 is 2.50 bits per heavy atom. The van der Waals surface area contributed by atoms with Crippen molar-refractivity contribution >= 4 is 23.2 Å². The zero-order valence-corrected chi connectivity index (χ0v) is 11.5.